The number of azo groups is 1. The smallest absolute Gasteiger partial charge is 0.310 e. The van der Waals surface area contributed by atoms with E-state index in [4.69, 9.17) is 48.9 Å². The minimum Gasteiger partial charge on any atom is -0.466 e. The van der Waals surface area contributed by atoms with Crippen molar-refractivity contribution >= 4 is 41.0 Å². The van der Waals surface area contributed by atoms with Crippen molar-refractivity contribution in [2.45, 2.75) is 64.5 Å². The van der Waals surface area contributed by atoms with Gasteiger partial charge in [-0.2, -0.15) is 20.8 Å². The second kappa shape index (κ2) is 24.3. The minimum absolute atomic E-state index is 0.0272. The van der Waals surface area contributed by atoms with Gasteiger partial charge in [0.15, 0.2) is 0 Å². The van der Waals surface area contributed by atoms with Gasteiger partial charge >= 0.3 is 11.9 Å². The highest BCUT2D eigenvalue weighted by Gasteiger charge is 2.27. The molecular weight excluding hydrogens is 825 g/mol. The molecule has 1 heterocycles. The second-order valence-electron chi connectivity index (χ2n) is 14.1. The van der Waals surface area contributed by atoms with E-state index >= 15 is 0 Å². The lowest BCUT2D eigenvalue weighted by Crippen LogP contribution is -2.39. The number of esters is 2. The van der Waals surface area contributed by atoms with Crippen molar-refractivity contribution in [3.05, 3.63) is 130 Å². The fraction of sp³-hybridized carbons (Fsp3) is 0.326. The van der Waals surface area contributed by atoms with E-state index < -0.39 is 29.8 Å². The lowest BCUT2D eigenvalue weighted by atomic mass is 9.92. The van der Waals surface area contributed by atoms with Crippen molar-refractivity contribution < 1.29 is 32.6 Å². The Bertz CT molecular complexity index is 2280. The van der Waals surface area contributed by atoms with E-state index in [0.29, 0.717) is 52.5 Å². The van der Waals surface area contributed by atoms with Crippen molar-refractivity contribution in [3.8, 4) is 34.4 Å². The maximum Gasteiger partial charge on any atom is 0.310 e. The summed E-state index contributed by atoms with van der Waals surface area (Å²) >= 11 is 11.9. The van der Waals surface area contributed by atoms with Gasteiger partial charge in [0.05, 0.1) is 43.7 Å². The number of carbonyl (C=O) groups is 3. The Morgan fingerprint density at radius 3 is 1.67 bits per heavy atom. The van der Waals surface area contributed by atoms with Crippen LogP contribution >= 0.6 is 23.2 Å². The number of hydrogen-bond donors (Lipinski definition) is 2. The molecule has 15 heteroatoms. The molecule has 3 N–H and O–H groups in total. The first kappa shape index (κ1) is 47.7. The Balaban J connectivity index is 0.000000276. The summed E-state index contributed by atoms with van der Waals surface area (Å²) in [4.78, 5) is 36.9. The summed E-state index contributed by atoms with van der Waals surface area (Å²) in [5.74, 6) is -3.19. The number of halogens is 4. The number of hydrogen-bond acceptors (Lipinski definition) is 10. The zero-order valence-corrected chi connectivity index (χ0v) is 35.3. The molecule has 4 aromatic rings. The molecule has 0 bridgehead atoms. The molecule has 61 heavy (non-hydrogen) atoms. The SMILES string of the molecule is CCOC(=O)[C@H](CC#N)C[C@@H](Cc1ccc(-c2cc(Cl)ccc2F)cc1)NC(=O)C1=CCN=N1.CCOC(=O)[C@H](CC#N)C[C@H](N)Cc1ccc(-c2cc(Cl)ccc2F)cc1. The van der Waals surface area contributed by atoms with Gasteiger partial charge in [-0.05, 0) is 104 Å². The molecule has 4 aromatic carbocycles. The molecule has 0 saturated heterocycles. The maximum absolute atomic E-state index is 14.2. The van der Waals surface area contributed by atoms with Gasteiger partial charge in [-0.1, -0.05) is 71.7 Å². The van der Waals surface area contributed by atoms with E-state index in [1.807, 2.05) is 48.5 Å². The molecule has 1 aliphatic heterocycles. The highest BCUT2D eigenvalue weighted by molar-refractivity contribution is 6.31. The van der Waals surface area contributed by atoms with Gasteiger partial charge in [-0.3, -0.25) is 14.4 Å². The van der Waals surface area contributed by atoms with Crippen LogP contribution in [0.3, 0.4) is 0 Å². The topological polar surface area (TPSA) is 180 Å². The summed E-state index contributed by atoms with van der Waals surface area (Å²) in [6.07, 6.45) is 3.18. The molecule has 0 aromatic heterocycles. The number of carbonyl (C=O) groups excluding carboxylic acids is 3. The van der Waals surface area contributed by atoms with Crippen LogP contribution in [0, 0.1) is 46.1 Å². The van der Waals surface area contributed by atoms with Crippen LogP contribution in [0.25, 0.3) is 22.3 Å². The molecule has 0 unspecified atom stereocenters. The van der Waals surface area contributed by atoms with E-state index in [9.17, 15) is 23.2 Å². The Kier molecular flexibility index (Phi) is 19.0. The van der Waals surface area contributed by atoms with Crippen LogP contribution in [0.4, 0.5) is 8.78 Å². The number of benzene rings is 4. The van der Waals surface area contributed by atoms with E-state index in [1.165, 1.54) is 24.3 Å². The molecule has 1 aliphatic rings. The Morgan fingerprint density at radius 1 is 0.754 bits per heavy atom. The molecule has 1 amide bonds. The third kappa shape index (κ3) is 14.9. The fourth-order valence-electron chi connectivity index (χ4n) is 6.60. The van der Waals surface area contributed by atoms with E-state index in [2.05, 4.69) is 15.5 Å². The lowest BCUT2D eigenvalue weighted by molar-refractivity contribution is -0.149. The first-order chi connectivity index (χ1) is 29.3. The van der Waals surface area contributed by atoms with Crippen molar-refractivity contribution in [1.29, 1.82) is 10.5 Å². The number of nitrogens with zero attached hydrogens (tertiary/aromatic N) is 4. The molecular formula is C46H46Cl2F2N6O5. The highest BCUT2D eigenvalue weighted by atomic mass is 35.5. The summed E-state index contributed by atoms with van der Waals surface area (Å²) in [7, 11) is 0. The number of amides is 1. The van der Waals surface area contributed by atoms with Gasteiger partial charge in [0, 0.05) is 46.1 Å². The van der Waals surface area contributed by atoms with Crippen LogP contribution in [0.5, 0.6) is 0 Å². The van der Waals surface area contributed by atoms with Crippen molar-refractivity contribution in [2.75, 3.05) is 19.8 Å². The molecule has 11 nitrogen and oxygen atoms in total. The highest BCUT2D eigenvalue weighted by Crippen LogP contribution is 2.29. The monoisotopic (exact) mass is 870 g/mol. The van der Waals surface area contributed by atoms with Crippen LogP contribution < -0.4 is 11.1 Å². The largest absolute Gasteiger partial charge is 0.466 e. The standard InChI is InChI=1S/C25H24ClFN4O3.C21H22ClFN2O2/c1-2-34-25(33)18(9-11-28)14-20(30-24(32)23-10-12-29-31-23)13-16-3-5-17(6-4-16)21-15-19(26)7-8-22(21)27;1-2-27-21(26)16(9-10-24)12-18(25)11-14-3-5-15(6-4-14)19-13-17(22)7-8-20(19)23/h3-8,10,15,18,20H,2,9,12-14H2,1H3,(H,30,32);3-8,13,16,18H,2,9,11-12,25H2,1H3/t18-,20-;16-,18-/m11/s1. The normalized spacial score (nSPS) is 13.6. The van der Waals surface area contributed by atoms with Gasteiger partial charge in [-0.15, -0.1) is 0 Å². The van der Waals surface area contributed by atoms with Gasteiger partial charge < -0.3 is 20.5 Å². The second-order valence-corrected chi connectivity index (χ2v) is 15.0. The minimum atomic E-state index is -0.686. The van der Waals surface area contributed by atoms with Gasteiger partial charge in [0.25, 0.3) is 5.91 Å². The lowest BCUT2D eigenvalue weighted by Gasteiger charge is -2.22. The fourth-order valence-corrected chi connectivity index (χ4v) is 6.94. The molecule has 0 spiro atoms. The van der Waals surface area contributed by atoms with Gasteiger partial charge in [0.2, 0.25) is 0 Å². The average Bonchev–Trinajstić information content (AvgIpc) is 3.79. The quantitative estimate of drug-likeness (QED) is 0.0928. The predicted octanol–water partition coefficient (Wildman–Crippen LogP) is 9.51. The van der Waals surface area contributed by atoms with Crippen molar-refractivity contribution in [3.63, 3.8) is 0 Å². The number of nitrogens with one attached hydrogen (secondary N) is 1. The van der Waals surface area contributed by atoms with Gasteiger partial charge in [-0.25, -0.2) is 8.78 Å². The molecule has 318 valence electrons. The van der Waals surface area contributed by atoms with Crippen LogP contribution in [-0.2, 0) is 36.7 Å². The molecule has 0 radical (unpaired) electrons. The predicted molar refractivity (Wildman–Crippen MR) is 229 cm³/mol. The summed E-state index contributed by atoms with van der Waals surface area (Å²) in [5, 5.41) is 29.5. The van der Waals surface area contributed by atoms with Crippen LogP contribution in [-0.4, -0.2) is 49.7 Å². The zero-order valence-electron chi connectivity index (χ0n) is 33.8. The first-order valence-corrected chi connectivity index (χ1v) is 20.4. The Hall–Kier alpha value is -5.99. The molecule has 5 rings (SSSR count). The van der Waals surface area contributed by atoms with Crippen LogP contribution in [0.2, 0.25) is 10.0 Å². The Morgan fingerprint density at radius 2 is 1.23 bits per heavy atom. The third-order valence-corrected chi connectivity index (χ3v) is 10.0. The summed E-state index contributed by atoms with van der Waals surface area (Å²) in [5.41, 5.74) is 10.4. The maximum atomic E-state index is 14.2. The summed E-state index contributed by atoms with van der Waals surface area (Å²) in [6.45, 7) is 4.24. The van der Waals surface area contributed by atoms with Crippen molar-refractivity contribution in [1.82, 2.24) is 5.32 Å². The first-order valence-electron chi connectivity index (χ1n) is 19.7. The molecule has 0 saturated carbocycles. The number of ether oxygens (including phenoxy) is 2. The molecule has 0 aliphatic carbocycles. The van der Waals surface area contributed by atoms with Crippen LogP contribution in [0.15, 0.2) is 107 Å². The number of nitriles is 2. The van der Waals surface area contributed by atoms with Crippen molar-refractivity contribution in [2.24, 2.45) is 27.8 Å². The molecule has 4 atom stereocenters. The zero-order chi connectivity index (χ0) is 44.3. The summed E-state index contributed by atoms with van der Waals surface area (Å²) in [6, 6.07) is 26.6. The van der Waals surface area contributed by atoms with E-state index in [-0.39, 0.29) is 61.8 Å². The van der Waals surface area contributed by atoms with E-state index in [1.54, 1.807) is 44.2 Å². The third-order valence-electron chi connectivity index (χ3n) is 9.55. The average molecular weight is 872 g/mol. The number of nitrogens with two attached hydrogens (primary N) is 1. The van der Waals surface area contributed by atoms with Gasteiger partial charge in [0.1, 0.15) is 17.3 Å². The number of rotatable bonds is 18. The van der Waals surface area contributed by atoms with Crippen LogP contribution in [0.1, 0.15) is 50.7 Å². The molecule has 0 fully saturated rings. The van der Waals surface area contributed by atoms with E-state index in [0.717, 1.165) is 16.7 Å². The Labute approximate surface area is 364 Å². The summed E-state index contributed by atoms with van der Waals surface area (Å²) < 4.78 is 38.3.